The standard InChI is InChI=1S/C16H19N5OS/c1-16(2,3)13-14(22)21-15(19-18-13)23-12(20-21)9-6-10-4-7-11(17)8-5-10/h4-5,7-8H,6,9,17H2,1-3H3. The third-order valence-electron chi connectivity index (χ3n) is 3.55. The summed E-state index contributed by atoms with van der Waals surface area (Å²) in [7, 11) is 0. The summed E-state index contributed by atoms with van der Waals surface area (Å²) in [5, 5.41) is 13.5. The lowest BCUT2D eigenvalue weighted by molar-refractivity contribution is 0.542. The maximum Gasteiger partial charge on any atom is 0.297 e. The number of rotatable bonds is 3. The van der Waals surface area contributed by atoms with E-state index in [-0.39, 0.29) is 11.0 Å². The molecule has 0 saturated heterocycles. The van der Waals surface area contributed by atoms with Gasteiger partial charge in [-0.05, 0) is 24.1 Å². The van der Waals surface area contributed by atoms with Gasteiger partial charge < -0.3 is 5.73 Å². The average Bonchev–Trinajstić information content (AvgIpc) is 2.90. The summed E-state index contributed by atoms with van der Waals surface area (Å²) in [6.07, 6.45) is 1.59. The van der Waals surface area contributed by atoms with Gasteiger partial charge >= 0.3 is 0 Å². The molecule has 3 rings (SSSR count). The second kappa shape index (κ2) is 5.73. The molecule has 120 valence electrons. The normalized spacial score (nSPS) is 12.0. The maximum absolute atomic E-state index is 12.5. The van der Waals surface area contributed by atoms with Gasteiger partial charge in [0.15, 0.2) is 0 Å². The Labute approximate surface area is 138 Å². The summed E-state index contributed by atoms with van der Waals surface area (Å²) >= 11 is 1.41. The topological polar surface area (TPSA) is 86.2 Å². The van der Waals surface area contributed by atoms with Crippen LogP contribution in [0, 0.1) is 0 Å². The van der Waals surface area contributed by atoms with E-state index in [9.17, 15) is 4.79 Å². The molecule has 0 saturated carbocycles. The van der Waals surface area contributed by atoms with Crippen LogP contribution in [0.5, 0.6) is 0 Å². The molecule has 0 amide bonds. The maximum atomic E-state index is 12.5. The first-order valence-corrected chi connectivity index (χ1v) is 8.26. The zero-order chi connectivity index (χ0) is 16.6. The molecule has 0 spiro atoms. The number of aryl methyl sites for hydroxylation is 2. The fourth-order valence-corrected chi connectivity index (χ4v) is 3.09. The molecule has 7 heteroatoms. The van der Waals surface area contributed by atoms with Crippen molar-refractivity contribution in [1.29, 1.82) is 0 Å². The molecule has 2 heterocycles. The van der Waals surface area contributed by atoms with E-state index in [4.69, 9.17) is 5.73 Å². The second-order valence-corrected chi connectivity index (χ2v) is 7.58. The van der Waals surface area contributed by atoms with Crippen molar-refractivity contribution in [1.82, 2.24) is 19.8 Å². The summed E-state index contributed by atoms with van der Waals surface area (Å²) in [5.41, 5.74) is 7.53. The fourth-order valence-electron chi connectivity index (χ4n) is 2.26. The minimum atomic E-state index is -0.348. The van der Waals surface area contributed by atoms with E-state index >= 15 is 0 Å². The summed E-state index contributed by atoms with van der Waals surface area (Å²) in [4.78, 5) is 13.0. The number of fused-ring (bicyclic) bond motifs is 1. The highest BCUT2D eigenvalue weighted by Crippen LogP contribution is 2.18. The van der Waals surface area contributed by atoms with Crippen molar-refractivity contribution in [3.05, 3.63) is 50.9 Å². The summed E-state index contributed by atoms with van der Waals surface area (Å²) in [5.74, 6) is 0. The van der Waals surface area contributed by atoms with E-state index in [1.54, 1.807) is 0 Å². The van der Waals surface area contributed by atoms with Crippen molar-refractivity contribution >= 4 is 22.0 Å². The first kappa shape index (κ1) is 15.6. The Balaban J connectivity index is 1.87. The van der Waals surface area contributed by atoms with Crippen LogP contribution in [-0.2, 0) is 18.3 Å². The Morgan fingerprint density at radius 2 is 1.83 bits per heavy atom. The molecule has 3 aromatic rings. The summed E-state index contributed by atoms with van der Waals surface area (Å²) in [6.45, 7) is 5.83. The van der Waals surface area contributed by atoms with Gasteiger partial charge in [-0.1, -0.05) is 44.2 Å². The van der Waals surface area contributed by atoms with Crippen molar-refractivity contribution in [2.45, 2.75) is 39.0 Å². The second-order valence-electron chi connectivity index (χ2n) is 6.54. The van der Waals surface area contributed by atoms with Gasteiger partial charge in [0, 0.05) is 17.5 Å². The molecular weight excluding hydrogens is 310 g/mol. The molecule has 6 nitrogen and oxygen atoms in total. The Kier molecular flexibility index (Phi) is 3.89. The quantitative estimate of drug-likeness (QED) is 0.745. The number of nitrogen functional groups attached to an aromatic ring is 1. The van der Waals surface area contributed by atoms with Crippen LogP contribution in [-0.4, -0.2) is 19.8 Å². The number of benzene rings is 1. The number of hydrogen-bond donors (Lipinski definition) is 1. The molecule has 0 fully saturated rings. The van der Waals surface area contributed by atoms with Crippen LogP contribution < -0.4 is 11.3 Å². The van der Waals surface area contributed by atoms with Gasteiger partial charge in [-0.2, -0.15) is 9.61 Å². The minimum Gasteiger partial charge on any atom is -0.399 e. The average molecular weight is 329 g/mol. The van der Waals surface area contributed by atoms with Crippen molar-refractivity contribution in [3.8, 4) is 0 Å². The smallest absolute Gasteiger partial charge is 0.297 e. The van der Waals surface area contributed by atoms with Crippen LogP contribution in [0.1, 0.15) is 37.0 Å². The predicted molar refractivity (Wildman–Crippen MR) is 91.9 cm³/mol. The molecule has 0 atom stereocenters. The van der Waals surface area contributed by atoms with Crippen LogP contribution in [0.2, 0.25) is 0 Å². The van der Waals surface area contributed by atoms with Gasteiger partial charge in [0.25, 0.3) is 5.56 Å². The SMILES string of the molecule is CC(C)(C)c1nnc2sc(CCc3ccc(N)cc3)nn2c1=O. The molecule has 1 aromatic carbocycles. The van der Waals surface area contributed by atoms with Gasteiger partial charge in [-0.15, -0.1) is 10.2 Å². The largest absolute Gasteiger partial charge is 0.399 e. The van der Waals surface area contributed by atoms with Crippen LogP contribution in [0.25, 0.3) is 4.96 Å². The first-order chi connectivity index (χ1) is 10.8. The summed E-state index contributed by atoms with van der Waals surface area (Å²) in [6, 6.07) is 7.79. The lowest BCUT2D eigenvalue weighted by atomic mass is 9.93. The predicted octanol–water partition coefficient (Wildman–Crippen LogP) is 2.21. The minimum absolute atomic E-state index is 0.183. The van der Waals surface area contributed by atoms with E-state index in [0.29, 0.717) is 10.7 Å². The monoisotopic (exact) mass is 329 g/mol. The van der Waals surface area contributed by atoms with Crippen molar-refractivity contribution in [2.75, 3.05) is 5.73 Å². The zero-order valence-electron chi connectivity index (χ0n) is 13.4. The number of hydrogen-bond acceptors (Lipinski definition) is 6. The van der Waals surface area contributed by atoms with Crippen molar-refractivity contribution in [3.63, 3.8) is 0 Å². The van der Waals surface area contributed by atoms with Gasteiger partial charge in [0.2, 0.25) is 4.96 Å². The molecule has 0 bridgehead atoms. The third-order valence-corrected chi connectivity index (χ3v) is 4.51. The van der Waals surface area contributed by atoms with E-state index in [2.05, 4.69) is 15.3 Å². The third kappa shape index (κ3) is 3.24. The van der Waals surface area contributed by atoms with Crippen LogP contribution >= 0.6 is 11.3 Å². The van der Waals surface area contributed by atoms with Gasteiger partial charge in [-0.3, -0.25) is 4.79 Å². The van der Waals surface area contributed by atoms with E-state index < -0.39 is 0 Å². The van der Waals surface area contributed by atoms with Gasteiger partial charge in [0.05, 0.1) is 0 Å². The molecule has 0 aliphatic carbocycles. The Morgan fingerprint density at radius 3 is 2.48 bits per heavy atom. The van der Waals surface area contributed by atoms with Crippen molar-refractivity contribution < 1.29 is 0 Å². The molecular formula is C16H19N5OS. The Bertz CT molecular complexity index is 889. The highest BCUT2D eigenvalue weighted by atomic mass is 32.1. The molecule has 0 aliphatic rings. The lowest BCUT2D eigenvalue weighted by Crippen LogP contribution is -2.30. The Morgan fingerprint density at radius 1 is 1.13 bits per heavy atom. The first-order valence-electron chi connectivity index (χ1n) is 7.45. The van der Waals surface area contributed by atoms with E-state index in [1.165, 1.54) is 21.4 Å². The van der Waals surface area contributed by atoms with Gasteiger partial charge in [0.1, 0.15) is 10.7 Å². The summed E-state index contributed by atoms with van der Waals surface area (Å²) < 4.78 is 1.37. The number of nitrogens with zero attached hydrogens (tertiary/aromatic N) is 4. The van der Waals surface area contributed by atoms with E-state index in [0.717, 1.165) is 23.5 Å². The fraction of sp³-hybridized carbons (Fsp3) is 0.375. The van der Waals surface area contributed by atoms with Crippen LogP contribution in [0.15, 0.2) is 29.1 Å². The molecule has 2 aromatic heterocycles. The molecule has 23 heavy (non-hydrogen) atoms. The van der Waals surface area contributed by atoms with Crippen LogP contribution in [0.4, 0.5) is 5.69 Å². The van der Waals surface area contributed by atoms with Crippen LogP contribution in [0.3, 0.4) is 0 Å². The number of aromatic nitrogens is 4. The Hall–Kier alpha value is -2.28. The lowest BCUT2D eigenvalue weighted by Gasteiger charge is -2.14. The molecule has 0 aliphatic heterocycles. The highest BCUT2D eigenvalue weighted by molar-refractivity contribution is 7.16. The highest BCUT2D eigenvalue weighted by Gasteiger charge is 2.22. The molecule has 0 unspecified atom stereocenters. The zero-order valence-corrected chi connectivity index (χ0v) is 14.2. The van der Waals surface area contributed by atoms with Gasteiger partial charge in [-0.25, -0.2) is 0 Å². The molecule has 2 N–H and O–H groups in total. The van der Waals surface area contributed by atoms with E-state index in [1.807, 2.05) is 45.0 Å². The molecule has 0 radical (unpaired) electrons. The number of anilines is 1. The number of nitrogens with two attached hydrogens (primary N) is 1. The van der Waals surface area contributed by atoms with Crippen molar-refractivity contribution in [2.24, 2.45) is 0 Å².